The molecule has 2 amide bonds. The van der Waals surface area contributed by atoms with Gasteiger partial charge in [0.05, 0.1) is 26.7 Å². The first-order valence-corrected chi connectivity index (χ1v) is 10.1. The normalized spacial score (nSPS) is 19.7. The lowest BCUT2D eigenvalue weighted by molar-refractivity contribution is -0.135. The average molecular weight is 389 g/mol. The summed E-state index contributed by atoms with van der Waals surface area (Å²) in [5.74, 6) is 1.63. The number of methoxy groups -OCH3 is 2. The molecule has 0 saturated carbocycles. The Labute approximate surface area is 167 Å². The van der Waals surface area contributed by atoms with Crippen LogP contribution in [0.2, 0.25) is 0 Å². The molecule has 2 heterocycles. The van der Waals surface area contributed by atoms with Gasteiger partial charge in [0.15, 0.2) is 11.5 Å². The fourth-order valence-electron chi connectivity index (χ4n) is 4.12. The molecule has 154 valence electrons. The maximum absolute atomic E-state index is 12.9. The Hall–Kier alpha value is -2.28. The van der Waals surface area contributed by atoms with Crippen LogP contribution in [0, 0.1) is 5.92 Å². The van der Waals surface area contributed by atoms with E-state index < -0.39 is 0 Å². The van der Waals surface area contributed by atoms with Crippen molar-refractivity contribution < 1.29 is 19.1 Å². The maximum atomic E-state index is 12.9. The molecule has 7 nitrogen and oxygen atoms in total. The van der Waals surface area contributed by atoms with Gasteiger partial charge in [-0.1, -0.05) is 0 Å². The number of nitrogens with one attached hydrogen (secondary N) is 1. The molecule has 1 aromatic carbocycles. The van der Waals surface area contributed by atoms with Crippen LogP contribution < -0.4 is 14.8 Å². The first-order chi connectivity index (χ1) is 13.5. The maximum Gasteiger partial charge on any atom is 0.237 e. The Morgan fingerprint density at radius 2 is 1.86 bits per heavy atom. The minimum absolute atomic E-state index is 0.0136. The van der Waals surface area contributed by atoms with Crippen LogP contribution in [0.5, 0.6) is 11.5 Å². The van der Waals surface area contributed by atoms with Gasteiger partial charge in [-0.25, -0.2) is 0 Å². The standard InChI is InChI=1S/C21H31N3O4/c1-4-22-21(26)16-6-5-8-23(12-16)14-20(25)24-9-7-15-10-18(27-2)19(28-3)11-17(15)13-24/h10-11,16H,4-9,12-14H2,1-3H3,(H,22,26). The molecule has 1 aromatic rings. The SMILES string of the molecule is CCNC(=O)C1CCCN(CC(=O)N2CCc3cc(OC)c(OC)cc3C2)C1. The first-order valence-electron chi connectivity index (χ1n) is 10.1. The van der Waals surface area contributed by atoms with E-state index in [4.69, 9.17) is 9.47 Å². The summed E-state index contributed by atoms with van der Waals surface area (Å²) in [4.78, 5) is 29.0. The number of ether oxygens (including phenoxy) is 2. The Balaban J connectivity index is 1.61. The molecule has 0 spiro atoms. The molecule has 1 unspecified atom stereocenters. The van der Waals surface area contributed by atoms with Crippen LogP contribution in [-0.4, -0.2) is 68.6 Å². The molecular formula is C21H31N3O4. The second-order valence-electron chi connectivity index (χ2n) is 7.51. The minimum Gasteiger partial charge on any atom is -0.493 e. The molecule has 0 aromatic heterocycles. The highest BCUT2D eigenvalue weighted by Crippen LogP contribution is 2.33. The second kappa shape index (κ2) is 9.28. The molecule has 7 heteroatoms. The summed E-state index contributed by atoms with van der Waals surface area (Å²) in [5.41, 5.74) is 2.31. The summed E-state index contributed by atoms with van der Waals surface area (Å²) in [7, 11) is 3.26. The van der Waals surface area contributed by atoms with Crippen molar-refractivity contribution in [3.63, 3.8) is 0 Å². The third-order valence-corrected chi connectivity index (χ3v) is 5.66. The van der Waals surface area contributed by atoms with Crippen molar-refractivity contribution in [2.75, 3.05) is 46.9 Å². The van der Waals surface area contributed by atoms with E-state index in [0.717, 1.165) is 37.1 Å². The van der Waals surface area contributed by atoms with E-state index in [2.05, 4.69) is 10.2 Å². The van der Waals surface area contributed by atoms with Gasteiger partial charge in [-0.2, -0.15) is 0 Å². The summed E-state index contributed by atoms with van der Waals surface area (Å²) in [6.45, 7) is 5.77. The lowest BCUT2D eigenvalue weighted by atomic mass is 9.96. The Morgan fingerprint density at radius 1 is 1.14 bits per heavy atom. The third-order valence-electron chi connectivity index (χ3n) is 5.66. The highest BCUT2D eigenvalue weighted by Gasteiger charge is 2.29. The van der Waals surface area contributed by atoms with E-state index in [1.54, 1.807) is 14.2 Å². The zero-order valence-electron chi connectivity index (χ0n) is 17.1. The summed E-state index contributed by atoms with van der Waals surface area (Å²) >= 11 is 0. The van der Waals surface area contributed by atoms with E-state index in [-0.39, 0.29) is 17.7 Å². The zero-order valence-corrected chi connectivity index (χ0v) is 17.1. The van der Waals surface area contributed by atoms with E-state index in [1.165, 1.54) is 5.56 Å². The second-order valence-corrected chi connectivity index (χ2v) is 7.51. The van der Waals surface area contributed by atoms with Crippen LogP contribution in [0.4, 0.5) is 0 Å². The molecule has 1 atom stereocenters. The molecule has 1 saturated heterocycles. The van der Waals surface area contributed by atoms with E-state index in [1.807, 2.05) is 24.0 Å². The van der Waals surface area contributed by atoms with Crippen molar-refractivity contribution in [1.29, 1.82) is 0 Å². The van der Waals surface area contributed by atoms with E-state index in [9.17, 15) is 9.59 Å². The molecule has 28 heavy (non-hydrogen) atoms. The van der Waals surface area contributed by atoms with Gasteiger partial charge in [-0.3, -0.25) is 14.5 Å². The monoisotopic (exact) mass is 389 g/mol. The van der Waals surface area contributed by atoms with Crippen molar-refractivity contribution >= 4 is 11.8 Å². The molecule has 1 fully saturated rings. The number of rotatable bonds is 6. The number of amides is 2. The average Bonchev–Trinajstić information content (AvgIpc) is 2.72. The van der Waals surface area contributed by atoms with Crippen LogP contribution in [0.25, 0.3) is 0 Å². The molecule has 0 aliphatic carbocycles. The molecule has 1 N–H and O–H groups in total. The number of fused-ring (bicyclic) bond motifs is 1. The van der Waals surface area contributed by atoms with Crippen LogP contribution in [-0.2, 0) is 22.6 Å². The highest BCUT2D eigenvalue weighted by molar-refractivity contribution is 5.80. The van der Waals surface area contributed by atoms with Crippen molar-refractivity contribution in [1.82, 2.24) is 15.1 Å². The van der Waals surface area contributed by atoms with Crippen LogP contribution in [0.1, 0.15) is 30.9 Å². The van der Waals surface area contributed by atoms with Crippen molar-refractivity contribution in [3.05, 3.63) is 23.3 Å². The Morgan fingerprint density at radius 3 is 2.54 bits per heavy atom. The first kappa shape index (κ1) is 20.5. The Kier molecular flexibility index (Phi) is 6.78. The Bertz CT molecular complexity index is 722. The summed E-state index contributed by atoms with van der Waals surface area (Å²) in [6.07, 6.45) is 2.66. The molecule has 2 aliphatic rings. The van der Waals surface area contributed by atoms with Gasteiger partial charge in [0.1, 0.15) is 0 Å². The summed E-state index contributed by atoms with van der Waals surface area (Å²) in [6, 6.07) is 3.98. The van der Waals surface area contributed by atoms with Gasteiger partial charge in [0, 0.05) is 26.2 Å². The smallest absolute Gasteiger partial charge is 0.237 e. The minimum atomic E-state index is -0.0136. The number of hydrogen-bond donors (Lipinski definition) is 1. The number of nitrogens with zero attached hydrogens (tertiary/aromatic N) is 2. The molecule has 3 rings (SSSR count). The third kappa shape index (κ3) is 4.58. The number of piperidine rings is 1. The van der Waals surface area contributed by atoms with Gasteiger partial charge in [0.25, 0.3) is 0 Å². The largest absolute Gasteiger partial charge is 0.493 e. The van der Waals surface area contributed by atoms with Crippen molar-refractivity contribution in [2.45, 2.75) is 32.7 Å². The fourth-order valence-corrected chi connectivity index (χ4v) is 4.12. The quantitative estimate of drug-likeness (QED) is 0.797. The molecule has 2 aliphatic heterocycles. The highest BCUT2D eigenvalue weighted by atomic mass is 16.5. The summed E-state index contributed by atoms with van der Waals surface area (Å²) in [5, 5.41) is 2.90. The van der Waals surface area contributed by atoms with Gasteiger partial charge in [-0.15, -0.1) is 0 Å². The van der Waals surface area contributed by atoms with Gasteiger partial charge in [-0.05, 0) is 56.0 Å². The lowest BCUT2D eigenvalue weighted by Crippen LogP contribution is -2.48. The predicted molar refractivity (Wildman–Crippen MR) is 107 cm³/mol. The van der Waals surface area contributed by atoms with Crippen molar-refractivity contribution in [2.24, 2.45) is 5.92 Å². The van der Waals surface area contributed by atoms with E-state index >= 15 is 0 Å². The number of likely N-dealkylation sites (tertiary alicyclic amines) is 1. The topological polar surface area (TPSA) is 71.1 Å². The number of carbonyl (C=O) groups is 2. The molecule has 0 bridgehead atoms. The summed E-state index contributed by atoms with van der Waals surface area (Å²) < 4.78 is 10.8. The van der Waals surface area contributed by atoms with Crippen LogP contribution in [0.15, 0.2) is 12.1 Å². The fraction of sp³-hybridized carbons (Fsp3) is 0.619. The number of hydrogen-bond acceptors (Lipinski definition) is 5. The molecule has 0 radical (unpaired) electrons. The predicted octanol–water partition coefficient (Wildman–Crippen LogP) is 1.44. The van der Waals surface area contributed by atoms with Gasteiger partial charge < -0.3 is 19.7 Å². The molecular weight excluding hydrogens is 358 g/mol. The lowest BCUT2D eigenvalue weighted by Gasteiger charge is -2.35. The van der Waals surface area contributed by atoms with Gasteiger partial charge in [0.2, 0.25) is 11.8 Å². The van der Waals surface area contributed by atoms with E-state index in [0.29, 0.717) is 38.5 Å². The van der Waals surface area contributed by atoms with Gasteiger partial charge >= 0.3 is 0 Å². The number of carbonyl (C=O) groups excluding carboxylic acids is 2. The number of benzene rings is 1. The zero-order chi connectivity index (χ0) is 20.1. The van der Waals surface area contributed by atoms with Crippen LogP contribution >= 0.6 is 0 Å². The van der Waals surface area contributed by atoms with Crippen LogP contribution in [0.3, 0.4) is 0 Å². The van der Waals surface area contributed by atoms with Crippen molar-refractivity contribution in [3.8, 4) is 11.5 Å².